The van der Waals surface area contributed by atoms with Crippen molar-refractivity contribution in [3.05, 3.63) is 33.8 Å². The predicted molar refractivity (Wildman–Crippen MR) is 61.6 cm³/mol. The summed E-state index contributed by atoms with van der Waals surface area (Å²) in [5.74, 6) is -0.535. The molecule has 0 spiro atoms. The maximum atomic E-state index is 11.1. The number of rotatable bonds is 2. The van der Waals surface area contributed by atoms with E-state index in [0.717, 1.165) is 5.56 Å². The van der Waals surface area contributed by atoms with Gasteiger partial charge < -0.3 is 5.73 Å². The number of halogens is 3. The van der Waals surface area contributed by atoms with E-state index in [-0.39, 0.29) is 5.92 Å². The van der Waals surface area contributed by atoms with E-state index in [2.05, 4.69) is 0 Å². The van der Waals surface area contributed by atoms with Gasteiger partial charge in [-0.3, -0.25) is 4.79 Å². The fourth-order valence-electron chi connectivity index (χ4n) is 1.62. The number of amides is 1. The standard InChI is InChI=1S/C10H8Cl3NO/c11-7-2-1-5(3-8(7)12)6-4-10(6,13)9(14)15/h1-3,6H,4H2,(H2,14,15). The molecule has 2 rings (SSSR count). The molecule has 1 aromatic rings. The molecule has 15 heavy (non-hydrogen) atoms. The minimum Gasteiger partial charge on any atom is -0.368 e. The molecular weight excluding hydrogens is 256 g/mol. The molecule has 1 amide bonds. The van der Waals surface area contributed by atoms with Gasteiger partial charge in [-0.15, -0.1) is 11.6 Å². The quantitative estimate of drug-likeness (QED) is 0.820. The van der Waals surface area contributed by atoms with E-state index in [0.29, 0.717) is 16.5 Å². The Hall–Kier alpha value is -0.440. The number of alkyl halides is 1. The van der Waals surface area contributed by atoms with E-state index in [4.69, 9.17) is 40.5 Å². The molecule has 0 aliphatic heterocycles. The van der Waals surface area contributed by atoms with Gasteiger partial charge in [-0.1, -0.05) is 29.3 Å². The van der Waals surface area contributed by atoms with Crippen LogP contribution in [0.1, 0.15) is 17.9 Å². The fraction of sp³-hybridized carbons (Fsp3) is 0.300. The van der Waals surface area contributed by atoms with E-state index in [1.54, 1.807) is 12.1 Å². The first-order valence-corrected chi connectivity index (χ1v) is 5.52. The van der Waals surface area contributed by atoms with Crippen molar-refractivity contribution < 1.29 is 4.79 Å². The largest absolute Gasteiger partial charge is 0.368 e. The van der Waals surface area contributed by atoms with Crippen LogP contribution in [0.15, 0.2) is 18.2 Å². The summed E-state index contributed by atoms with van der Waals surface area (Å²) in [7, 11) is 0. The lowest BCUT2D eigenvalue weighted by atomic mass is 10.1. The van der Waals surface area contributed by atoms with Crippen LogP contribution in [-0.4, -0.2) is 10.8 Å². The summed E-state index contributed by atoms with van der Waals surface area (Å²) in [6, 6.07) is 5.23. The molecule has 2 nitrogen and oxygen atoms in total. The first kappa shape index (κ1) is 11.1. The van der Waals surface area contributed by atoms with Crippen molar-refractivity contribution in [2.75, 3.05) is 0 Å². The Morgan fingerprint density at radius 2 is 2.07 bits per heavy atom. The summed E-state index contributed by atoms with van der Waals surface area (Å²) in [6.45, 7) is 0. The average Bonchev–Trinajstić information content (AvgIpc) is 2.85. The summed E-state index contributed by atoms with van der Waals surface area (Å²) in [6.07, 6.45) is 0.557. The molecule has 1 fully saturated rings. The van der Waals surface area contributed by atoms with E-state index in [9.17, 15) is 4.79 Å². The number of nitrogens with two attached hydrogens (primary N) is 1. The number of hydrogen-bond acceptors (Lipinski definition) is 1. The van der Waals surface area contributed by atoms with Gasteiger partial charge >= 0.3 is 0 Å². The van der Waals surface area contributed by atoms with Crippen LogP contribution >= 0.6 is 34.8 Å². The second-order valence-electron chi connectivity index (χ2n) is 3.66. The predicted octanol–water partition coefficient (Wildman–Crippen LogP) is 2.94. The SMILES string of the molecule is NC(=O)C1(Cl)CC1c1ccc(Cl)c(Cl)c1. The van der Waals surface area contributed by atoms with Crippen LogP contribution in [0.3, 0.4) is 0 Å². The molecule has 1 aliphatic rings. The summed E-state index contributed by atoms with van der Waals surface area (Å²) in [4.78, 5) is 10.1. The highest BCUT2D eigenvalue weighted by atomic mass is 35.5. The number of carbonyl (C=O) groups is 1. The van der Waals surface area contributed by atoms with Gasteiger partial charge in [0.25, 0.3) is 0 Å². The van der Waals surface area contributed by atoms with E-state index in [1.165, 1.54) is 0 Å². The summed E-state index contributed by atoms with van der Waals surface area (Å²) in [5.41, 5.74) is 6.10. The van der Waals surface area contributed by atoms with Gasteiger partial charge in [-0.05, 0) is 24.1 Å². The van der Waals surface area contributed by atoms with Crippen LogP contribution in [-0.2, 0) is 4.79 Å². The molecule has 80 valence electrons. The third kappa shape index (κ3) is 1.82. The Bertz CT molecular complexity index is 435. The van der Waals surface area contributed by atoms with Gasteiger partial charge in [0.2, 0.25) is 5.91 Å². The van der Waals surface area contributed by atoms with Gasteiger partial charge in [-0.25, -0.2) is 0 Å². The van der Waals surface area contributed by atoms with Crippen molar-refractivity contribution in [1.29, 1.82) is 0 Å². The lowest BCUT2D eigenvalue weighted by Crippen LogP contribution is -2.26. The topological polar surface area (TPSA) is 43.1 Å². The monoisotopic (exact) mass is 263 g/mol. The van der Waals surface area contributed by atoms with E-state index in [1.807, 2.05) is 6.07 Å². The minimum absolute atomic E-state index is 0.0496. The summed E-state index contributed by atoms with van der Waals surface area (Å²) < 4.78 is 0. The second-order valence-corrected chi connectivity index (χ2v) is 5.15. The van der Waals surface area contributed by atoms with Crippen LogP contribution in [0.4, 0.5) is 0 Å². The van der Waals surface area contributed by atoms with Crippen molar-refractivity contribution in [2.24, 2.45) is 5.73 Å². The second kappa shape index (κ2) is 3.55. The zero-order chi connectivity index (χ0) is 11.2. The zero-order valence-electron chi connectivity index (χ0n) is 7.64. The molecule has 0 aromatic heterocycles. The van der Waals surface area contributed by atoms with Crippen LogP contribution in [0.2, 0.25) is 10.0 Å². The highest BCUT2D eigenvalue weighted by Crippen LogP contribution is 2.56. The molecule has 0 bridgehead atoms. The lowest BCUT2D eigenvalue weighted by molar-refractivity contribution is -0.118. The van der Waals surface area contributed by atoms with Crippen molar-refractivity contribution >= 4 is 40.7 Å². The smallest absolute Gasteiger partial charge is 0.239 e. The number of primary amides is 1. The van der Waals surface area contributed by atoms with Crippen LogP contribution < -0.4 is 5.73 Å². The summed E-state index contributed by atoms with van der Waals surface area (Å²) in [5, 5.41) is 0.949. The normalized spacial score (nSPS) is 28.9. The van der Waals surface area contributed by atoms with Crippen molar-refractivity contribution in [3.8, 4) is 0 Å². The van der Waals surface area contributed by atoms with Crippen molar-refractivity contribution in [1.82, 2.24) is 0 Å². The van der Waals surface area contributed by atoms with Gasteiger partial charge in [0.15, 0.2) is 0 Å². The van der Waals surface area contributed by atoms with Crippen LogP contribution in [0.25, 0.3) is 0 Å². The number of benzene rings is 1. The maximum absolute atomic E-state index is 11.1. The Balaban J connectivity index is 2.27. The number of hydrogen-bond donors (Lipinski definition) is 1. The Morgan fingerprint density at radius 3 is 2.53 bits per heavy atom. The van der Waals surface area contributed by atoms with Crippen molar-refractivity contribution in [2.45, 2.75) is 17.2 Å². The van der Waals surface area contributed by atoms with Gasteiger partial charge in [0.05, 0.1) is 10.0 Å². The highest BCUT2D eigenvalue weighted by molar-refractivity contribution is 6.42. The maximum Gasteiger partial charge on any atom is 0.239 e. The Morgan fingerprint density at radius 1 is 1.40 bits per heavy atom. The third-order valence-electron chi connectivity index (χ3n) is 2.65. The molecule has 1 aromatic carbocycles. The molecule has 0 radical (unpaired) electrons. The van der Waals surface area contributed by atoms with E-state index < -0.39 is 10.8 Å². The molecule has 2 atom stereocenters. The highest BCUT2D eigenvalue weighted by Gasteiger charge is 2.58. The van der Waals surface area contributed by atoms with Crippen LogP contribution in [0, 0.1) is 0 Å². The molecule has 0 heterocycles. The molecule has 2 unspecified atom stereocenters. The van der Waals surface area contributed by atoms with Crippen molar-refractivity contribution in [3.63, 3.8) is 0 Å². The fourth-order valence-corrected chi connectivity index (χ4v) is 2.21. The van der Waals surface area contributed by atoms with E-state index >= 15 is 0 Å². The molecular formula is C10H8Cl3NO. The summed E-state index contributed by atoms with van der Waals surface area (Å²) >= 11 is 17.7. The minimum atomic E-state index is -0.933. The van der Waals surface area contributed by atoms with Crippen LogP contribution in [0.5, 0.6) is 0 Å². The Kier molecular flexibility index (Phi) is 2.61. The Labute approximate surface area is 102 Å². The molecule has 5 heteroatoms. The average molecular weight is 265 g/mol. The molecule has 1 saturated carbocycles. The first-order valence-electron chi connectivity index (χ1n) is 4.39. The zero-order valence-corrected chi connectivity index (χ0v) is 9.90. The molecule has 0 saturated heterocycles. The molecule has 1 aliphatic carbocycles. The molecule has 2 N–H and O–H groups in total. The number of carbonyl (C=O) groups excluding carboxylic acids is 1. The lowest BCUT2D eigenvalue weighted by Gasteiger charge is -2.05. The van der Waals surface area contributed by atoms with Gasteiger partial charge in [-0.2, -0.15) is 0 Å². The first-order chi connectivity index (χ1) is 6.95. The van der Waals surface area contributed by atoms with Gasteiger partial charge in [0, 0.05) is 5.92 Å². The third-order valence-corrected chi connectivity index (χ3v) is 3.99. The van der Waals surface area contributed by atoms with Gasteiger partial charge in [0.1, 0.15) is 4.87 Å².